The van der Waals surface area contributed by atoms with Gasteiger partial charge in [-0.25, -0.2) is 0 Å². The number of carbonyl (C=O) groups excluding carboxylic acids is 4. The van der Waals surface area contributed by atoms with E-state index >= 15 is 0 Å². The van der Waals surface area contributed by atoms with Gasteiger partial charge in [0.1, 0.15) is 18.3 Å². The summed E-state index contributed by atoms with van der Waals surface area (Å²) in [6.07, 6.45) is -3.50. The number of hydrogen-bond donors (Lipinski definition) is 2. The van der Waals surface area contributed by atoms with Crippen molar-refractivity contribution in [3.05, 3.63) is 94.2 Å². The maximum Gasteiger partial charge on any atom is 0.405 e. The van der Waals surface area contributed by atoms with E-state index in [0.29, 0.717) is 16.3 Å². The topological polar surface area (TPSA) is 118 Å². The molecule has 1 aliphatic rings. The number of Topliss-reactive ketones (excluding diaryl/α,β-unsaturated/α-hetero) is 1. The van der Waals surface area contributed by atoms with Gasteiger partial charge in [0.2, 0.25) is 11.7 Å². The number of amides is 3. The number of rotatable bonds is 15. The van der Waals surface area contributed by atoms with Gasteiger partial charge in [0.15, 0.2) is 6.10 Å². The zero-order valence-electron chi connectivity index (χ0n) is 27.8. The average Bonchev–Trinajstić information content (AvgIpc) is 3.52. The highest BCUT2D eigenvalue weighted by atomic mass is 35.5. The summed E-state index contributed by atoms with van der Waals surface area (Å²) >= 11 is 13.8. The smallest absolute Gasteiger partial charge is 0.405 e. The quantitative estimate of drug-likeness (QED) is 0.137. The molecule has 2 heterocycles. The summed E-state index contributed by atoms with van der Waals surface area (Å²) in [6.45, 7) is 0.583. The number of nitrogens with zero attached hydrogens (tertiary/aromatic N) is 2. The van der Waals surface area contributed by atoms with Crippen molar-refractivity contribution in [2.45, 2.75) is 68.0 Å². The van der Waals surface area contributed by atoms with E-state index in [1.165, 1.54) is 49.0 Å². The Labute approximate surface area is 311 Å². The maximum atomic E-state index is 14.9. The fraction of sp³-hybridized carbons (Fsp3) is 0.400. The molecule has 0 radical (unpaired) electrons. The zero-order chi connectivity index (χ0) is 38.2. The van der Waals surface area contributed by atoms with Crippen molar-refractivity contribution in [1.29, 1.82) is 0 Å². The first-order valence-corrected chi connectivity index (χ1v) is 17.8. The van der Waals surface area contributed by atoms with Crippen LogP contribution in [-0.2, 0) is 31.4 Å². The number of halogens is 7. The molecule has 52 heavy (non-hydrogen) atoms. The third-order valence-corrected chi connectivity index (χ3v) is 9.77. The molecule has 1 aromatic heterocycles. The van der Waals surface area contributed by atoms with Gasteiger partial charge in [-0.05, 0) is 35.6 Å². The predicted octanol–water partition coefficient (Wildman–Crippen LogP) is 6.31. The van der Waals surface area contributed by atoms with E-state index < -0.39 is 66.3 Å². The molecule has 0 saturated carbocycles. The Morgan fingerprint density at radius 1 is 0.962 bits per heavy atom. The number of ketones is 1. The Balaban J connectivity index is 1.63. The van der Waals surface area contributed by atoms with Crippen LogP contribution in [0.1, 0.15) is 31.4 Å². The standard InChI is InChI=1S/C35H35Cl2F5N4O5S/c1-20(2)29(30(47)35(41,42)33(50)44-19-34(38,39)40)45-31(48)27-14-26(52-18-21-7-4-3-5-8-21)17-46(27)32(49)28(12-22-9-6-10-23(36)11-22)51-25-13-24(37)15-43-16-25/h3-11,13,15-16,20,26-29H,12,14,17-19H2,1-2H3,(H,44,50)(H,45,48)/t26-,27+,28-,29+/m1/s1. The van der Waals surface area contributed by atoms with Crippen molar-refractivity contribution < 1.29 is 45.9 Å². The fourth-order valence-electron chi connectivity index (χ4n) is 5.45. The van der Waals surface area contributed by atoms with Crippen LogP contribution in [0.3, 0.4) is 0 Å². The number of aromatic nitrogens is 1. The number of thioether (sulfide) groups is 1. The molecule has 17 heteroatoms. The number of hydrogen-bond acceptors (Lipinski definition) is 7. The van der Waals surface area contributed by atoms with Crippen molar-refractivity contribution >= 4 is 58.5 Å². The molecule has 0 bridgehead atoms. The van der Waals surface area contributed by atoms with Gasteiger partial charge in [-0.1, -0.05) is 79.5 Å². The summed E-state index contributed by atoms with van der Waals surface area (Å²) in [4.78, 5) is 58.6. The lowest BCUT2D eigenvalue weighted by atomic mass is 9.94. The Bertz CT molecular complexity index is 1690. The molecule has 0 aliphatic carbocycles. The third-order valence-electron chi connectivity index (χ3n) is 8.01. The molecule has 1 fully saturated rings. The molecule has 0 unspecified atom stereocenters. The Morgan fingerprint density at radius 2 is 1.65 bits per heavy atom. The van der Waals surface area contributed by atoms with E-state index in [2.05, 4.69) is 10.3 Å². The first kappa shape index (κ1) is 40.8. The number of benzene rings is 2. The van der Waals surface area contributed by atoms with Gasteiger partial charge in [0.05, 0.1) is 17.3 Å². The van der Waals surface area contributed by atoms with Crippen LogP contribution in [0.5, 0.6) is 5.75 Å². The minimum Gasteiger partial charge on any atom is -0.479 e. The molecule has 3 amide bonds. The van der Waals surface area contributed by atoms with Crippen LogP contribution in [0.25, 0.3) is 0 Å². The van der Waals surface area contributed by atoms with E-state index in [9.17, 15) is 41.1 Å². The van der Waals surface area contributed by atoms with Gasteiger partial charge in [-0.2, -0.15) is 33.7 Å². The lowest BCUT2D eigenvalue weighted by Crippen LogP contribution is -2.59. The zero-order valence-corrected chi connectivity index (χ0v) is 30.2. The van der Waals surface area contributed by atoms with E-state index in [0.717, 1.165) is 10.9 Å². The molecule has 1 aliphatic heterocycles. The molecule has 2 N–H and O–H groups in total. The SMILES string of the molecule is CC(C)[C@H](NC(=O)[C@@H]1C[C@@H](SCc2ccccc2)CN1C(=O)[C@@H](Cc1cccc(Cl)c1)Oc1cncc(Cl)c1)C(=O)C(F)(F)C(=O)NCC(F)(F)F. The summed E-state index contributed by atoms with van der Waals surface area (Å²) in [5, 5.41) is 3.59. The second kappa shape index (κ2) is 17.7. The van der Waals surface area contributed by atoms with Crippen LogP contribution in [0.2, 0.25) is 10.0 Å². The summed E-state index contributed by atoms with van der Waals surface area (Å²) in [5.74, 6) is -11.4. The van der Waals surface area contributed by atoms with Gasteiger partial charge >= 0.3 is 12.1 Å². The number of nitrogens with one attached hydrogen (secondary N) is 2. The Morgan fingerprint density at radius 3 is 2.29 bits per heavy atom. The summed E-state index contributed by atoms with van der Waals surface area (Å²) < 4.78 is 73.8. The third kappa shape index (κ3) is 11.3. The molecular weight excluding hydrogens is 754 g/mol. The van der Waals surface area contributed by atoms with E-state index in [4.69, 9.17) is 27.9 Å². The molecule has 280 valence electrons. The van der Waals surface area contributed by atoms with Gasteiger partial charge in [0.25, 0.3) is 11.8 Å². The van der Waals surface area contributed by atoms with Gasteiger partial charge in [0, 0.05) is 41.3 Å². The molecule has 4 rings (SSSR count). The fourth-order valence-corrected chi connectivity index (χ4v) is 7.03. The van der Waals surface area contributed by atoms with Crippen molar-refractivity contribution in [3.63, 3.8) is 0 Å². The first-order chi connectivity index (χ1) is 24.4. The Kier molecular flexibility index (Phi) is 13.9. The monoisotopic (exact) mass is 788 g/mol. The van der Waals surface area contributed by atoms with E-state index in [-0.39, 0.29) is 35.4 Å². The molecular formula is C35H35Cl2F5N4O5S. The largest absolute Gasteiger partial charge is 0.479 e. The first-order valence-electron chi connectivity index (χ1n) is 16.0. The van der Waals surface area contributed by atoms with Crippen molar-refractivity contribution in [3.8, 4) is 5.75 Å². The van der Waals surface area contributed by atoms with Crippen LogP contribution in [-0.4, -0.2) is 82.0 Å². The molecule has 1 saturated heterocycles. The van der Waals surface area contributed by atoms with Gasteiger partial charge in [-0.15, -0.1) is 0 Å². The second-order valence-electron chi connectivity index (χ2n) is 12.4. The molecule has 9 nitrogen and oxygen atoms in total. The van der Waals surface area contributed by atoms with Crippen LogP contribution in [0, 0.1) is 5.92 Å². The van der Waals surface area contributed by atoms with E-state index in [1.807, 2.05) is 30.3 Å². The highest BCUT2D eigenvalue weighted by Crippen LogP contribution is 2.32. The molecule has 3 aromatic rings. The van der Waals surface area contributed by atoms with Gasteiger partial charge < -0.3 is 20.3 Å². The average molecular weight is 790 g/mol. The second-order valence-corrected chi connectivity index (χ2v) is 14.6. The minimum atomic E-state index is -5.01. The summed E-state index contributed by atoms with van der Waals surface area (Å²) in [6, 6.07) is 14.3. The molecule has 0 spiro atoms. The predicted molar refractivity (Wildman–Crippen MR) is 186 cm³/mol. The normalized spacial score (nSPS) is 17.4. The highest BCUT2D eigenvalue weighted by Gasteiger charge is 2.52. The van der Waals surface area contributed by atoms with Crippen LogP contribution in [0.4, 0.5) is 22.0 Å². The van der Waals surface area contributed by atoms with E-state index in [1.54, 1.807) is 24.3 Å². The number of pyridine rings is 1. The lowest BCUT2D eigenvalue weighted by molar-refractivity contribution is -0.165. The molecule has 4 atom stereocenters. The number of ether oxygens (including phenoxy) is 1. The van der Waals surface area contributed by atoms with Gasteiger partial charge in [-0.3, -0.25) is 24.2 Å². The Hall–Kier alpha value is -3.95. The summed E-state index contributed by atoms with van der Waals surface area (Å²) in [7, 11) is 0. The van der Waals surface area contributed by atoms with Crippen LogP contribution >= 0.6 is 35.0 Å². The highest BCUT2D eigenvalue weighted by molar-refractivity contribution is 7.99. The maximum absolute atomic E-state index is 14.9. The lowest BCUT2D eigenvalue weighted by Gasteiger charge is -2.31. The molecule has 2 aromatic carbocycles. The number of carbonyl (C=O) groups is 4. The summed E-state index contributed by atoms with van der Waals surface area (Å²) in [5.41, 5.74) is 1.60. The van der Waals surface area contributed by atoms with Crippen LogP contribution in [0.15, 0.2) is 73.1 Å². The van der Waals surface area contributed by atoms with Crippen molar-refractivity contribution in [1.82, 2.24) is 20.5 Å². The van der Waals surface area contributed by atoms with Crippen LogP contribution < -0.4 is 15.4 Å². The number of likely N-dealkylation sites (tertiary alicyclic amines) is 1. The van der Waals surface area contributed by atoms with Crippen molar-refractivity contribution in [2.24, 2.45) is 5.92 Å². The van der Waals surface area contributed by atoms with Crippen molar-refractivity contribution in [2.75, 3.05) is 13.1 Å². The minimum absolute atomic E-state index is 0.00899. The number of alkyl halides is 5.